The van der Waals surface area contributed by atoms with E-state index in [9.17, 15) is 26.7 Å². The topological polar surface area (TPSA) is 172 Å². The van der Waals surface area contributed by atoms with Crippen LogP contribution in [-0.4, -0.2) is 98.7 Å². The van der Waals surface area contributed by atoms with E-state index in [-0.39, 0.29) is 34.7 Å². The number of nitrogens with one attached hydrogen (secondary N) is 1. The standard InChI is InChI=1S/C28H33N3O9S2/c32-22(18-39-23-5-3-6-24(13-23)41(35,36)19-27(33)34)15-29-21-14-28(40-17-21)8-10-31(11-9-28)42(37,38)25-12-20-4-1-2-7-26(20)30-16-25/h1-7,12-13,16,21-22,29,32H,8-11,14-15,17-19H2,(H,33,34)/t21-,22?/m1/s1. The fraction of sp³-hybridized carbons (Fsp3) is 0.429. The number of benzene rings is 2. The molecule has 2 aromatic carbocycles. The minimum atomic E-state index is -4.00. The maximum Gasteiger partial charge on any atom is 0.319 e. The number of aliphatic hydroxyl groups is 1. The number of sulfone groups is 1. The third-order valence-corrected chi connectivity index (χ3v) is 11.1. The van der Waals surface area contributed by atoms with Crippen molar-refractivity contribution >= 4 is 36.7 Å². The van der Waals surface area contributed by atoms with E-state index < -0.39 is 43.3 Å². The zero-order chi connectivity index (χ0) is 30.0. The normalized spacial score (nSPS) is 20.1. The van der Waals surface area contributed by atoms with Crippen molar-refractivity contribution in [1.29, 1.82) is 0 Å². The number of aromatic nitrogens is 1. The molecule has 3 aromatic rings. The van der Waals surface area contributed by atoms with Crippen LogP contribution in [0.2, 0.25) is 0 Å². The summed E-state index contributed by atoms with van der Waals surface area (Å²) in [7, 11) is -7.68. The minimum Gasteiger partial charge on any atom is -0.491 e. The molecule has 0 radical (unpaired) electrons. The zero-order valence-corrected chi connectivity index (χ0v) is 24.4. The molecule has 1 spiro atoms. The highest BCUT2D eigenvalue weighted by atomic mass is 32.2. The van der Waals surface area contributed by atoms with Crippen LogP contribution in [0.3, 0.4) is 0 Å². The van der Waals surface area contributed by atoms with Gasteiger partial charge in [-0.1, -0.05) is 24.3 Å². The summed E-state index contributed by atoms with van der Waals surface area (Å²) in [6, 6.07) is 14.5. The lowest BCUT2D eigenvalue weighted by Crippen LogP contribution is -2.47. The lowest BCUT2D eigenvalue weighted by atomic mass is 9.88. The summed E-state index contributed by atoms with van der Waals surface area (Å²) in [5.41, 5.74) is 0.301. The minimum absolute atomic E-state index is 0.0306. The maximum absolute atomic E-state index is 13.3. The monoisotopic (exact) mass is 619 g/mol. The van der Waals surface area contributed by atoms with Crippen LogP contribution in [0.4, 0.5) is 0 Å². The van der Waals surface area contributed by atoms with Gasteiger partial charge in [0, 0.05) is 37.3 Å². The van der Waals surface area contributed by atoms with Crippen LogP contribution >= 0.6 is 0 Å². The van der Waals surface area contributed by atoms with Crippen molar-refractivity contribution in [2.75, 3.05) is 38.6 Å². The summed E-state index contributed by atoms with van der Waals surface area (Å²) in [6.07, 6.45) is 2.29. The number of nitrogens with zero attached hydrogens (tertiary/aromatic N) is 2. The highest BCUT2D eigenvalue weighted by Gasteiger charge is 2.44. The number of carbonyl (C=O) groups is 1. The molecule has 0 bridgehead atoms. The number of para-hydroxylation sites is 1. The predicted molar refractivity (Wildman–Crippen MR) is 152 cm³/mol. The Hall–Kier alpha value is -3.14. The molecule has 42 heavy (non-hydrogen) atoms. The van der Waals surface area contributed by atoms with Gasteiger partial charge in [0.15, 0.2) is 15.6 Å². The van der Waals surface area contributed by atoms with Crippen molar-refractivity contribution < 1.29 is 41.3 Å². The number of sulfonamides is 1. The second-order valence-corrected chi connectivity index (χ2v) is 14.6. The molecule has 2 aliphatic heterocycles. The number of fused-ring (bicyclic) bond motifs is 1. The SMILES string of the molecule is O=C(O)CS(=O)(=O)c1cccc(OCC(O)CN[C@H]2COC3(CCN(S(=O)(=O)c4cnc5ccccc5c4)CC3)C2)c1. The Kier molecular flexibility index (Phi) is 8.83. The maximum atomic E-state index is 13.3. The van der Waals surface area contributed by atoms with Crippen LogP contribution in [-0.2, 0) is 29.4 Å². The summed E-state index contributed by atoms with van der Waals surface area (Å²) < 4.78 is 64.0. The number of hydrogen-bond acceptors (Lipinski definition) is 10. The molecule has 5 rings (SSSR count). The van der Waals surface area contributed by atoms with E-state index in [1.54, 1.807) is 6.07 Å². The second kappa shape index (κ2) is 12.2. The van der Waals surface area contributed by atoms with Crippen molar-refractivity contribution in [3.8, 4) is 5.75 Å². The van der Waals surface area contributed by atoms with Crippen molar-refractivity contribution in [3.63, 3.8) is 0 Å². The molecule has 1 unspecified atom stereocenters. The van der Waals surface area contributed by atoms with E-state index in [4.69, 9.17) is 14.6 Å². The van der Waals surface area contributed by atoms with Crippen LogP contribution in [0.25, 0.3) is 10.9 Å². The fourth-order valence-corrected chi connectivity index (χ4v) is 7.85. The Bertz CT molecular complexity index is 1660. The van der Waals surface area contributed by atoms with Crippen LogP contribution in [0.15, 0.2) is 70.6 Å². The number of rotatable bonds is 11. The molecule has 0 amide bonds. The second-order valence-electron chi connectivity index (χ2n) is 10.7. The first-order valence-corrected chi connectivity index (χ1v) is 16.6. The summed E-state index contributed by atoms with van der Waals surface area (Å²) >= 11 is 0. The Morgan fingerprint density at radius 1 is 1.10 bits per heavy atom. The van der Waals surface area contributed by atoms with E-state index in [2.05, 4.69) is 10.3 Å². The summed E-state index contributed by atoms with van der Waals surface area (Å²) in [5.74, 6) is -2.27. The number of pyridine rings is 1. The van der Waals surface area contributed by atoms with E-state index >= 15 is 0 Å². The van der Waals surface area contributed by atoms with E-state index in [0.717, 1.165) is 10.9 Å². The molecule has 3 heterocycles. The van der Waals surface area contributed by atoms with E-state index in [1.165, 1.54) is 34.8 Å². The van der Waals surface area contributed by atoms with Gasteiger partial charge in [-0.2, -0.15) is 4.31 Å². The number of carboxylic acid groups (broad SMARTS) is 1. The largest absolute Gasteiger partial charge is 0.491 e. The van der Waals surface area contributed by atoms with E-state index in [1.807, 2.05) is 24.3 Å². The van der Waals surface area contributed by atoms with Crippen molar-refractivity contribution in [1.82, 2.24) is 14.6 Å². The third-order valence-electron chi connectivity index (χ3n) is 7.61. The molecule has 12 nitrogen and oxygen atoms in total. The first-order chi connectivity index (χ1) is 20.0. The molecule has 226 valence electrons. The number of aliphatic carboxylic acids is 1. The molecule has 0 aliphatic carbocycles. The third kappa shape index (κ3) is 6.90. The summed E-state index contributed by atoms with van der Waals surface area (Å²) in [6.45, 7) is 1.19. The lowest BCUT2D eigenvalue weighted by Gasteiger charge is -2.38. The first-order valence-electron chi connectivity index (χ1n) is 13.5. The highest BCUT2D eigenvalue weighted by molar-refractivity contribution is 7.92. The molecular formula is C28H33N3O9S2. The van der Waals surface area contributed by atoms with Crippen molar-refractivity contribution in [2.24, 2.45) is 0 Å². The van der Waals surface area contributed by atoms with E-state index in [0.29, 0.717) is 39.0 Å². The van der Waals surface area contributed by atoms with Crippen molar-refractivity contribution in [2.45, 2.75) is 46.8 Å². The average Bonchev–Trinajstić information content (AvgIpc) is 3.36. The van der Waals surface area contributed by atoms with Gasteiger partial charge in [0.2, 0.25) is 10.0 Å². The van der Waals surface area contributed by atoms with Gasteiger partial charge < -0.3 is 25.0 Å². The van der Waals surface area contributed by atoms with Gasteiger partial charge in [-0.25, -0.2) is 16.8 Å². The zero-order valence-electron chi connectivity index (χ0n) is 22.8. The Morgan fingerprint density at radius 3 is 2.62 bits per heavy atom. The highest BCUT2D eigenvalue weighted by Crippen LogP contribution is 2.37. The van der Waals surface area contributed by atoms with Gasteiger partial charge >= 0.3 is 5.97 Å². The Morgan fingerprint density at radius 2 is 1.86 bits per heavy atom. The fourth-order valence-electron chi connectivity index (χ4n) is 5.36. The Labute approximate surface area is 244 Å². The summed E-state index contributed by atoms with van der Waals surface area (Å²) in [4.78, 5) is 15.1. The van der Waals surface area contributed by atoms with Gasteiger partial charge in [0.1, 0.15) is 23.4 Å². The molecule has 2 aliphatic rings. The number of carboxylic acids is 1. The molecule has 2 atom stereocenters. The van der Waals surface area contributed by atoms with Crippen LogP contribution in [0, 0.1) is 0 Å². The van der Waals surface area contributed by atoms with Crippen molar-refractivity contribution in [3.05, 3.63) is 60.8 Å². The number of ether oxygens (including phenoxy) is 2. The average molecular weight is 620 g/mol. The van der Waals surface area contributed by atoms with Gasteiger partial charge in [0.25, 0.3) is 0 Å². The number of piperidine rings is 1. The molecular weight excluding hydrogens is 586 g/mol. The quantitative estimate of drug-likeness (QED) is 0.284. The molecule has 1 aromatic heterocycles. The van der Waals surface area contributed by atoms with Gasteiger partial charge in [-0.15, -0.1) is 0 Å². The van der Waals surface area contributed by atoms with Gasteiger partial charge in [-0.05, 0) is 49.6 Å². The molecule has 2 fully saturated rings. The van der Waals surface area contributed by atoms with Crippen LogP contribution in [0.5, 0.6) is 5.75 Å². The van der Waals surface area contributed by atoms with Crippen LogP contribution < -0.4 is 10.1 Å². The first kappa shape index (κ1) is 30.3. The van der Waals surface area contributed by atoms with Gasteiger partial charge in [-0.3, -0.25) is 9.78 Å². The lowest BCUT2D eigenvalue weighted by molar-refractivity contribution is -0.134. The van der Waals surface area contributed by atoms with Crippen LogP contribution in [0.1, 0.15) is 19.3 Å². The molecule has 14 heteroatoms. The van der Waals surface area contributed by atoms with Gasteiger partial charge in [0.05, 0.1) is 22.6 Å². The molecule has 3 N–H and O–H groups in total. The summed E-state index contributed by atoms with van der Waals surface area (Å²) in [5, 5.41) is 23.3. The number of aliphatic hydroxyl groups excluding tert-OH is 1. The molecule has 2 saturated heterocycles. The number of hydrogen-bond donors (Lipinski definition) is 3. The molecule has 0 saturated carbocycles. The Balaban J connectivity index is 1.08. The smallest absolute Gasteiger partial charge is 0.319 e. The predicted octanol–water partition coefficient (Wildman–Crippen LogP) is 1.43.